The lowest BCUT2D eigenvalue weighted by Crippen LogP contribution is -2.27. The molecule has 1 fully saturated rings. The Morgan fingerprint density at radius 2 is 2.00 bits per heavy atom. The minimum atomic E-state index is -3.71. The van der Waals surface area contributed by atoms with Crippen LogP contribution in [0.3, 0.4) is 0 Å². The lowest BCUT2D eigenvalue weighted by molar-refractivity contribution is -0.107. The zero-order valence-electron chi connectivity index (χ0n) is 22.6. The molecule has 0 aliphatic carbocycles. The monoisotopic (exact) mass is 574 g/mol. The first-order valence-electron chi connectivity index (χ1n) is 13.2. The summed E-state index contributed by atoms with van der Waals surface area (Å²) in [6.45, 7) is 1.61. The first kappa shape index (κ1) is 29.8. The van der Waals surface area contributed by atoms with E-state index in [2.05, 4.69) is 20.6 Å². The number of aldehydes is 1. The maximum absolute atomic E-state index is 12.9. The molecule has 1 saturated heterocycles. The molecule has 14 heteroatoms. The van der Waals surface area contributed by atoms with Crippen LogP contribution in [0.5, 0.6) is 0 Å². The van der Waals surface area contributed by atoms with Gasteiger partial charge in [0.1, 0.15) is 24.9 Å². The lowest BCUT2D eigenvalue weighted by atomic mass is 10.1. The summed E-state index contributed by atoms with van der Waals surface area (Å²) in [6, 6.07) is 8.79. The lowest BCUT2D eigenvalue weighted by Gasteiger charge is -2.19. The number of carbonyl (C=O) groups is 2. The number of nitrogens with one attached hydrogen (secondary N) is 2. The van der Waals surface area contributed by atoms with Gasteiger partial charge in [-0.1, -0.05) is 31.0 Å². The van der Waals surface area contributed by atoms with E-state index in [1.807, 2.05) is 6.07 Å². The van der Waals surface area contributed by atoms with Gasteiger partial charge < -0.3 is 34.3 Å². The zero-order chi connectivity index (χ0) is 28.5. The number of rotatable bonds is 15. The molecule has 216 valence electrons. The molecule has 0 radical (unpaired) electrons. The summed E-state index contributed by atoms with van der Waals surface area (Å²) in [4.78, 5) is 46.5. The van der Waals surface area contributed by atoms with Crippen LogP contribution in [0, 0.1) is 0 Å². The van der Waals surface area contributed by atoms with E-state index in [1.54, 1.807) is 35.9 Å². The molecule has 0 saturated carbocycles. The first-order valence-corrected chi connectivity index (χ1v) is 15.2. The summed E-state index contributed by atoms with van der Waals surface area (Å²) in [6.07, 6.45) is 5.28. The Kier molecular flexibility index (Phi) is 10.3. The Labute approximate surface area is 232 Å². The van der Waals surface area contributed by atoms with E-state index >= 15 is 0 Å². The van der Waals surface area contributed by atoms with Crippen LogP contribution in [0.4, 0.5) is 11.8 Å². The maximum atomic E-state index is 12.9. The van der Waals surface area contributed by atoms with Crippen molar-refractivity contribution in [3.8, 4) is 0 Å². The van der Waals surface area contributed by atoms with Gasteiger partial charge in [0.2, 0.25) is 5.95 Å². The summed E-state index contributed by atoms with van der Waals surface area (Å²) >= 11 is 0. The standard InChI is InChI=1S/C26H35N6O7P/c1-37-19-15-21(39-20(19)16-38-40(2,35)36)32-24-22(30-26(32)27-13-9-4-3-5-10-14-33)23(28-17-29-24)31-25(34)18-11-7-6-8-12-18/h6-8,11-12,14,17,19-21H,3-5,9-10,13,15-16H2,1-2H3,(H,27,30)(H,35,36)(H,28,29,31,34)/t19?,20-,21-/m1/s1. The second-order valence-corrected chi connectivity index (χ2v) is 11.4. The molecule has 0 spiro atoms. The van der Waals surface area contributed by atoms with E-state index in [4.69, 9.17) is 19.0 Å². The number of ether oxygens (including phenoxy) is 2. The number of methoxy groups -OCH3 is 1. The highest BCUT2D eigenvalue weighted by molar-refractivity contribution is 7.51. The van der Waals surface area contributed by atoms with Gasteiger partial charge in [-0.3, -0.25) is 13.9 Å². The van der Waals surface area contributed by atoms with Crippen molar-refractivity contribution in [3.63, 3.8) is 0 Å². The van der Waals surface area contributed by atoms with E-state index in [0.717, 1.165) is 38.6 Å². The number of amides is 1. The molecule has 0 bridgehead atoms. The Morgan fingerprint density at radius 3 is 2.73 bits per heavy atom. The van der Waals surface area contributed by atoms with Gasteiger partial charge in [0.15, 0.2) is 17.0 Å². The predicted molar refractivity (Wildman–Crippen MR) is 148 cm³/mol. The van der Waals surface area contributed by atoms with Crippen LogP contribution in [0.2, 0.25) is 0 Å². The molecule has 13 nitrogen and oxygen atoms in total. The van der Waals surface area contributed by atoms with Gasteiger partial charge in [-0.25, -0.2) is 15.0 Å². The number of benzene rings is 1. The molecule has 1 aliphatic rings. The predicted octanol–water partition coefficient (Wildman–Crippen LogP) is 3.77. The Balaban J connectivity index is 1.60. The largest absolute Gasteiger partial charge is 0.378 e. The van der Waals surface area contributed by atoms with E-state index in [-0.39, 0.29) is 18.3 Å². The van der Waals surface area contributed by atoms with Crippen molar-refractivity contribution in [1.82, 2.24) is 19.5 Å². The topological polar surface area (TPSA) is 167 Å². The van der Waals surface area contributed by atoms with Gasteiger partial charge in [-0.15, -0.1) is 0 Å². The van der Waals surface area contributed by atoms with Crippen LogP contribution in [0.1, 0.15) is 55.1 Å². The molecule has 4 rings (SSSR count). The zero-order valence-corrected chi connectivity index (χ0v) is 23.5. The van der Waals surface area contributed by atoms with Crippen molar-refractivity contribution >= 4 is 42.7 Å². The molecule has 1 amide bonds. The molecule has 4 atom stereocenters. The minimum Gasteiger partial charge on any atom is -0.378 e. The number of anilines is 2. The fraction of sp³-hybridized carbons (Fsp3) is 0.500. The second-order valence-electron chi connectivity index (χ2n) is 9.55. The average molecular weight is 575 g/mol. The smallest absolute Gasteiger partial charge is 0.325 e. The van der Waals surface area contributed by atoms with Crippen LogP contribution in [-0.2, 0) is 23.4 Å². The number of fused-ring (bicyclic) bond motifs is 1. The van der Waals surface area contributed by atoms with Crippen molar-refractivity contribution in [2.24, 2.45) is 0 Å². The van der Waals surface area contributed by atoms with Gasteiger partial charge in [0.05, 0.1) is 12.7 Å². The first-order chi connectivity index (χ1) is 19.3. The van der Waals surface area contributed by atoms with Crippen LogP contribution >= 0.6 is 7.60 Å². The normalized spacial score (nSPS) is 20.3. The molecule has 1 aliphatic heterocycles. The minimum absolute atomic E-state index is 0.122. The quantitative estimate of drug-likeness (QED) is 0.137. The van der Waals surface area contributed by atoms with Crippen LogP contribution in [0.15, 0.2) is 36.7 Å². The summed E-state index contributed by atoms with van der Waals surface area (Å²) in [5, 5.41) is 6.18. The van der Waals surface area contributed by atoms with E-state index < -0.39 is 26.0 Å². The Morgan fingerprint density at radius 1 is 1.23 bits per heavy atom. The third-order valence-electron chi connectivity index (χ3n) is 6.53. The van der Waals surface area contributed by atoms with Crippen molar-refractivity contribution in [3.05, 3.63) is 42.2 Å². The van der Waals surface area contributed by atoms with Crippen LogP contribution < -0.4 is 10.6 Å². The van der Waals surface area contributed by atoms with Crippen molar-refractivity contribution in [1.29, 1.82) is 0 Å². The highest BCUT2D eigenvalue weighted by atomic mass is 31.2. The Hall–Kier alpha value is -3.22. The third-order valence-corrected chi connectivity index (χ3v) is 7.15. The molecular formula is C26H35N6O7P. The average Bonchev–Trinajstić information content (AvgIpc) is 3.52. The van der Waals surface area contributed by atoms with Crippen LogP contribution in [0.25, 0.3) is 11.2 Å². The number of hydrogen-bond acceptors (Lipinski definition) is 10. The molecule has 1 aromatic carbocycles. The van der Waals surface area contributed by atoms with E-state index in [1.165, 1.54) is 6.33 Å². The SMILES string of the molecule is COC1C[C@H](n2c(NCCCCCCC=O)nc3c(NC(=O)c4ccccc4)ncnc32)O[C@@H]1COP(C)(=O)O. The fourth-order valence-electron chi connectivity index (χ4n) is 4.54. The Bertz CT molecular complexity index is 1330. The van der Waals surface area contributed by atoms with Gasteiger partial charge >= 0.3 is 7.60 Å². The van der Waals surface area contributed by atoms with Crippen molar-refractivity contribution in [2.75, 3.05) is 37.6 Å². The molecular weight excluding hydrogens is 539 g/mol. The van der Waals surface area contributed by atoms with Crippen molar-refractivity contribution < 1.29 is 33.0 Å². The second kappa shape index (κ2) is 13.9. The number of hydrogen-bond donors (Lipinski definition) is 3. The van der Waals surface area contributed by atoms with Gasteiger partial charge in [0, 0.05) is 38.7 Å². The van der Waals surface area contributed by atoms with Gasteiger partial charge in [-0.05, 0) is 25.0 Å². The number of aromatic nitrogens is 4. The summed E-state index contributed by atoms with van der Waals surface area (Å²) in [5.41, 5.74) is 1.30. The van der Waals surface area contributed by atoms with E-state index in [9.17, 15) is 19.0 Å². The maximum Gasteiger partial charge on any atom is 0.325 e. The fourth-order valence-corrected chi connectivity index (χ4v) is 4.97. The van der Waals surface area contributed by atoms with E-state index in [0.29, 0.717) is 42.1 Å². The molecule has 3 heterocycles. The third kappa shape index (κ3) is 7.70. The molecule has 3 N–H and O–H groups in total. The number of nitrogens with zero attached hydrogens (tertiary/aromatic N) is 4. The summed E-state index contributed by atoms with van der Waals surface area (Å²) < 4.78 is 30.5. The summed E-state index contributed by atoms with van der Waals surface area (Å²) in [7, 11) is -2.16. The highest BCUT2D eigenvalue weighted by Crippen LogP contribution is 2.40. The molecule has 3 aromatic rings. The molecule has 40 heavy (non-hydrogen) atoms. The number of carbonyl (C=O) groups excluding carboxylic acids is 2. The van der Waals surface area contributed by atoms with Crippen LogP contribution in [-0.4, -0.2) is 75.7 Å². The van der Waals surface area contributed by atoms with Crippen molar-refractivity contribution in [2.45, 2.75) is 57.0 Å². The van der Waals surface area contributed by atoms with Gasteiger partial charge in [-0.2, -0.15) is 0 Å². The molecule has 2 unspecified atom stereocenters. The summed E-state index contributed by atoms with van der Waals surface area (Å²) in [5.74, 6) is 0.396. The molecule has 2 aromatic heterocycles. The van der Waals surface area contributed by atoms with Gasteiger partial charge in [0.25, 0.3) is 5.91 Å². The highest BCUT2D eigenvalue weighted by Gasteiger charge is 2.39. The number of imidazole rings is 1. The number of unbranched alkanes of at least 4 members (excludes halogenated alkanes) is 4.